The van der Waals surface area contributed by atoms with Crippen LogP contribution in [0.1, 0.15) is 0 Å². The van der Waals surface area contributed by atoms with E-state index in [0.717, 1.165) is 0 Å². The Morgan fingerprint density at radius 3 is 2.15 bits per heavy atom. The Morgan fingerprint density at radius 2 is 1.62 bits per heavy atom. The van der Waals surface area contributed by atoms with Crippen LogP contribution >= 0.6 is 11.8 Å². The van der Waals surface area contributed by atoms with Crippen LogP contribution in [-0.2, 0) is 40.2 Å². The van der Waals surface area contributed by atoms with Gasteiger partial charge in [-0.3, -0.25) is 0 Å². The zero-order valence-corrected chi connectivity index (χ0v) is 6.89. The van der Waals surface area contributed by atoms with Crippen molar-refractivity contribution in [2.24, 2.45) is 0 Å². The van der Waals surface area contributed by atoms with Crippen LogP contribution in [0.2, 0.25) is 0 Å². The highest BCUT2D eigenvalue weighted by molar-refractivity contribution is 7.98. The molecule has 0 radical (unpaired) electrons. The summed E-state index contributed by atoms with van der Waals surface area (Å²) in [5, 5.41) is 30.9. The van der Waals surface area contributed by atoms with Gasteiger partial charge in [-0.15, -0.1) is 0 Å². The smallest absolute Gasteiger partial charge is 0.219 e. The molecule has 0 heterocycles. The molecule has 0 saturated heterocycles. The van der Waals surface area contributed by atoms with Gasteiger partial charge in [-0.2, -0.15) is 4.89 Å². The van der Waals surface area contributed by atoms with Gasteiger partial charge < -0.3 is 0 Å². The van der Waals surface area contributed by atoms with Crippen LogP contribution in [-0.4, -0.2) is 17.2 Å². The number of alkyl halides is 1. The summed E-state index contributed by atoms with van der Waals surface area (Å²) >= 11 is 0.697. The Balaban J connectivity index is 2.91. The van der Waals surface area contributed by atoms with Crippen molar-refractivity contribution >= 4 is 11.8 Å². The lowest BCUT2D eigenvalue weighted by Gasteiger charge is -2.01. The van der Waals surface area contributed by atoms with Crippen LogP contribution in [0, 0.1) is 0 Å². The van der Waals surface area contributed by atoms with Crippen molar-refractivity contribution < 1.29 is 49.8 Å². The van der Waals surface area contributed by atoms with Crippen molar-refractivity contribution in [3.05, 3.63) is 0 Å². The van der Waals surface area contributed by atoms with Crippen LogP contribution in [0.5, 0.6) is 0 Å². The molecule has 1 N–H and O–H groups in total. The predicted molar refractivity (Wildman–Crippen MR) is 29.7 cm³/mol. The first-order chi connectivity index (χ1) is 6.31. The normalized spacial score (nSPS) is 13.2. The van der Waals surface area contributed by atoms with Crippen molar-refractivity contribution in [3.8, 4) is 0 Å². The quantitative estimate of drug-likeness (QED) is 0.260. The van der Waals surface area contributed by atoms with Gasteiger partial charge in [0.15, 0.2) is 0 Å². The van der Waals surface area contributed by atoms with E-state index in [4.69, 9.17) is 5.26 Å². The second-order valence-corrected chi connectivity index (χ2v) is 1.93. The molecule has 80 valence electrons. The molecule has 0 aliphatic heterocycles. The van der Waals surface area contributed by atoms with Gasteiger partial charge in [-0.05, 0) is 41.5 Å². The molecule has 0 aromatic heterocycles. The highest BCUT2D eigenvalue weighted by Gasteiger charge is 2.05. The maximum absolute atomic E-state index is 12.1. The number of rotatable bonds is 9. The molecule has 0 aliphatic carbocycles. The molecule has 0 aliphatic rings. The van der Waals surface area contributed by atoms with E-state index in [1.807, 2.05) is 0 Å². The minimum absolute atomic E-state index is 0.697. The van der Waals surface area contributed by atoms with E-state index in [-0.39, 0.29) is 0 Å². The van der Waals surface area contributed by atoms with Gasteiger partial charge in [0.05, 0.1) is 0 Å². The summed E-state index contributed by atoms with van der Waals surface area (Å²) in [6.07, 6.45) is 1.42. The molecule has 9 nitrogen and oxygen atoms in total. The molecule has 0 spiro atoms. The molecular weight excluding hydrogens is 219 g/mol. The Labute approximate surface area is 74.5 Å². The fourth-order valence-corrected chi connectivity index (χ4v) is 0.255. The lowest BCUT2D eigenvalue weighted by molar-refractivity contribution is -0.831. The summed E-state index contributed by atoms with van der Waals surface area (Å²) in [6, 6.07) is 0. The molecule has 11 heteroatoms. The average Bonchev–Trinajstić information content (AvgIpc) is 2.16. The molecule has 0 aromatic carbocycles. The second kappa shape index (κ2) is 10.0. The third-order valence-corrected chi connectivity index (χ3v) is 0.919. The Kier molecular flexibility index (Phi) is 9.94. The molecule has 0 bridgehead atoms. The minimum Gasteiger partial charge on any atom is -0.219 e. The van der Waals surface area contributed by atoms with E-state index in [1.165, 1.54) is 6.26 Å². The van der Waals surface area contributed by atoms with E-state index in [9.17, 15) is 4.39 Å². The predicted octanol–water partition coefficient (Wildman–Crippen LogP) is 0.613. The standard InChI is InChI=1S/C2H5FO9S/c1-13-2(3)5-7-9-11-12-10-8-6-4/h2,4H,1H3. The van der Waals surface area contributed by atoms with Gasteiger partial charge in [-0.25, -0.2) is 9.65 Å². The molecule has 0 fully saturated rings. The average molecular weight is 224 g/mol. The van der Waals surface area contributed by atoms with Gasteiger partial charge in [0.1, 0.15) is 0 Å². The summed E-state index contributed by atoms with van der Waals surface area (Å²) in [4.78, 5) is 3.79. The summed E-state index contributed by atoms with van der Waals surface area (Å²) in [7, 11) is 0. The van der Waals surface area contributed by atoms with Gasteiger partial charge in [-0.1, -0.05) is 11.8 Å². The lowest BCUT2D eigenvalue weighted by Crippen LogP contribution is -2.05. The van der Waals surface area contributed by atoms with Crippen LogP contribution in [0.4, 0.5) is 4.39 Å². The first-order valence-corrected chi connectivity index (χ1v) is 3.74. The van der Waals surface area contributed by atoms with E-state index < -0.39 is 5.69 Å². The SMILES string of the molecule is CSC(F)OOOOOOOOO. The van der Waals surface area contributed by atoms with Crippen molar-refractivity contribution in [2.45, 2.75) is 5.69 Å². The highest BCUT2D eigenvalue weighted by atomic mass is 32.2. The fraction of sp³-hybridized carbons (Fsp3) is 1.00. The summed E-state index contributed by atoms with van der Waals surface area (Å²) in [5.74, 6) is 0. The molecule has 0 aromatic rings. The third kappa shape index (κ3) is 9.84. The van der Waals surface area contributed by atoms with Crippen LogP contribution in [0.25, 0.3) is 0 Å². The fourth-order valence-electron chi connectivity index (χ4n) is 0.144. The van der Waals surface area contributed by atoms with Crippen LogP contribution in [0.3, 0.4) is 0 Å². The summed E-state index contributed by atoms with van der Waals surface area (Å²) < 4.78 is 12.1. The van der Waals surface area contributed by atoms with Gasteiger partial charge in [0.25, 0.3) is 5.69 Å². The number of thioether (sulfide) groups is 1. The maximum Gasteiger partial charge on any atom is 0.280 e. The largest absolute Gasteiger partial charge is 0.280 e. The summed E-state index contributed by atoms with van der Waals surface area (Å²) in [5.41, 5.74) is -1.75. The number of halogens is 1. The first kappa shape index (κ1) is 12.9. The van der Waals surface area contributed by atoms with Gasteiger partial charge >= 0.3 is 0 Å². The third-order valence-electron chi connectivity index (χ3n) is 0.470. The van der Waals surface area contributed by atoms with E-state index in [0.29, 0.717) is 11.8 Å². The van der Waals surface area contributed by atoms with Crippen LogP contribution < -0.4 is 0 Å². The molecule has 0 saturated carbocycles. The van der Waals surface area contributed by atoms with Gasteiger partial charge in [0.2, 0.25) is 0 Å². The van der Waals surface area contributed by atoms with Gasteiger partial charge in [0, 0.05) is 0 Å². The molecular formula is C2H5FO9S. The van der Waals surface area contributed by atoms with Crippen LogP contribution in [0.15, 0.2) is 0 Å². The Bertz CT molecular complexity index is 104. The van der Waals surface area contributed by atoms with Crippen molar-refractivity contribution in [1.82, 2.24) is 0 Å². The molecule has 0 amide bonds. The number of hydrogen-bond donors (Lipinski definition) is 1. The molecule has 0 rings (SSSR count). The number of hydrogen-bond acceptors (Lipinski definition) is 10. The first-order valence-electron chi connectivity index (χ1n) is 2.45. The minimum atomic E-state index is -1.75. The molecule has 1 unspecified atom stereocenters. The molecule has 1 atom stereocenters. The zero-order valence-electron chi connectivity index (χ0n) is 6.08. The lowest BCUT2D eigenvalue weighted by atomic mass is 11.6. The van der Waals surface area contributed by atoms with Crippen molar-refractivity contribution in [1.29, 1.82) is 0 Å². The maximum atomic E-state index is 12.1. The van der Waals surface area contributed by atoms with Crippen molar-refractivity contribution in [3.63, 3.8) is 0 Å². The Morgan fingerprint density at radius 1 is 1.08 bits per heavy atom. The van der Waals surface area contributed by atoms with Crippen molar-refractivity contribution in [2.75, 3.05) is 6.26 Å². The molecule has 13 heavy (non-hydrogen) atoms. The second-order valence-electron chi connectivity index (χ2n) is 1.09. The Hall–Kier alpha value is -0.0800. The monoisotopic (exact) mass is 224 g/mol. The summed E-state index contributed by atoms with van der Waals surface area (Å²) in [6.45, 7) is 0. The van der Waals surface area contributed by atoms with E-state index in [2.05, 4.69) is 40.2 Å². The highest BCUT2D eigenvalue weighted by Crippen LogP contribution is 2.09. The van der Waals surface area contributed by atoms with E-state index in [1.54, 1.807) is 0 Å². The topological polar surface area (TPSA) is 94.1 Å². The zero-order chi connectivity index (χ0) is 9.94. The van der Waals surface area contributed by atoms with E-state index >= 15 is 0 Å².